The maximum Gasteiger partial charge on any atom is 0.198 e. The van der Waals surface area contributed by atoms with Crippen LogP contribution in [0.5, 0.6) is 0 Å². The zero-order valence-electron chi connectivity index (χ0n) is 10.4. The fourth-order valence-corrected chi connectivity index (χ4v) is 5.29. The predicted molar refractivity (Wildman–Crippen MR) is 83.5 cm³/mol. The molecule has 0 spiro atoms. The summed E-state index contributed by atoms with van der Waals surface area (Å²) in [6.45, 7) is 0. The topological polar surface area (TPSA) is 88.6 Å². The Kier molecular flexibility index (Phi) is 3.93. The van der Waals surface area contributed by atoms with Crippen LogP contribution in [0, 0.1) is 3.95 Å². The van der Waals surface area contributed by atoms with Gasteiger partial charge in [0.05, 0.1) is 0 Å². The second-order valence-electron chi connectivity index (χ2n) is 4.04. The van der Waals surface area contributed by atoms with Crippen LogP contribution in [0.2, 0.25) is 0 Å². The molecule has 0 aliphatic heterocycles. The Morgan fingerprint density at radius 2 is 2.00 bits per heavy atom. The minimum Gasteiger partial charge on any atom is -0.258 e. The largest absolute Gasteiger partial charge is 0.258 e. The number of H-pyrrole nitrogens is 1. The van der Waals surface area contributed by atoms with Crippen LogP contribution >= 0.6 is 35.1 Å². The quantitative estimate of drug-likeness (QED) is 0.723. The van der Waals surface area contributed by atoms with Crippen molar-refractivity contribution in [2.24, 2.45) is 0 Å². The van der Waals surface area contributed by atoms with Crippen LogP contribution in [0.25, 0.3) is 11.3 Å². The van der Waals surface area contributed by atoms with Gasteiger partial charge in [0.1, 0.15) is 16.5 Å². The number of nitrogens with one attached hydrogen (secondary N) is 1. The maximum atomic E-state index is 12.5. The van der Waals surface area contributed by atoms with Gasteiger partial charge in [0.2, 0.25) is 0 Å². The van der Waals surface area contributed by atoms with Gasteiger partial charge in [-0.1, -0.05) is 46.2 Å². The zero-order chi connectivity index (χ0) is 14.9. The number of aromatic amines is 1. The molecule has 0 bridgehead atoms. The molecule has 108 valence electrons. The number of hydrogen-bond acceptors (Lipinski definition) is 8. The standard InChI is InChI=1S/C11H8N4O2S4/c16-21(17,6-8-12-14-11(18)19-8)10-9(13-15-20-10)7-4-2-1-3-5-7/h1-5H,6H2,(H,14,18). The third-order valence-corrected chi connectivity index (χ3v) is 6.78. The van der Waals surface area contributed by atoms with Gasteiger partial charge < -0.3 is 0 Å². The number of rotatable bonds is 4. The fourth-order valence-electron chi connectivity index (χ4n) is 1.71. The molecule has 2 heterocycles. The lowest BCUT2D eigenvalue weighted by Gasteiger charge is -2.01. The smallest absolute Gasteiger partial charge is 0.198 e. The molecule has 1 N–H and O–H groups in total. The summed E-state index contributed by atoms with van der Waals surface area (Å²) in [4.78, 5) is 0. The molecule has 21 heavy (non-hydrogen) atoms. The zero-order valence-corrected chi connectivity index (χ0v) is 13.7. The van der Waals surface area contributed by atoms with Crippen LogP contribution in [0.4, 0.5) is 0 Å². The van der Waals surface area contributed by atoms with E-state index in [2.05, 4.69) is 19.8 Å². The van der Waals surface area contributed by atoms with Gasteiger partial charge >= 0.3 is 0 Å². The van der Waals surface area contributed by atoms with Crippen molar-refractivity contribution in [2.75, 3.05) is 0 Å². The van der Waals surface area contributed by atoms with E-state index in [1.54, 1.807) is 12.1 Å². The second kappa shape index (κ2) is 5.72. The number of aromatic nitrogens is 4. The first kappa shape index (κ1) is 14.4. The molecule has 0 aliphatic rings. The summed E-state index contributed by atoms with van der Waals surface area (Å²) < 4.78 is 29.4. The highest BCUT2D eigenvalue weighted by Crippen LogP contribution is 2.30. The highest BCUT2D eigenvalue weighted by atomic mass is 32.2. The SMILES string of the molecule is O=S(=O)(Cc1n[nH]c(=S)s1)c1snnc1-c1ccccc1. The third kappa shape index (κ3) is 3.07. The Hall–Kier alpha value is -1.49. The van der Waals surface area contributed by atoms with E-state index >= 15 is 0 Å². The molecule has 10 heteroatoms. The maximum absolute atomic E-state index is 12.5. The first-order valence-corrected chi connectivity index (χ1v) is 9.36. The Labute approximate surface area is 133 Å². The molecule has 0 radical (unpaired) electrons. The van der Waals surface area contributed by atoms with Crippen molar-refractivity contribution in [1.82, 2.24) is 19.8 Å². The van der Waals surface area contributed by atoms with Crippen LogP contribution in [0.15, 0.2) is 34.5 Å². The summed E-state index contributed by atoms with van der Waals surface area (Å²) in [6, 6.07) is 9.10. The Balaban J connectivity index is 2.01. The van der Waals surface area contributed by atoms with Crippen LogP contribution in [-0.2, 0) is 15.6 Å². The van der Waals surface area contributed by atoms with Crippen molar-refractivity contribution in [2.45, 2.75) is 9.96 Å². The van der Waals surface area contributed by atoms with Gasteiger partial charge in [0.15, 0.2) is 18.0 Å². The molecule has 6 nitrogen and oxygen atoms in total. The van der Waals surface area contributed by atoms with Gasteiger partial charge in [-0.3, -0.25) is 5.10 Å². The monoisotopic (exact) mass is 356 g/mol. The van der Waals surface area contributed by atoms with E-state index in [-0.39, 0.29) is 9.96 Å². The molecule has 3 rings (SSSR count). The lowest BCUT2D eigenvalue weighted by atomic mass is 10.2. The van der Waals surface area contributed by atoms with E-state index in [4.69, 9.17) is 12.2 Å². The third-order valence-electron chi connectivity index (χ3n) is 2.58. The van der Waals surface area contributed by atoms with Gasteiger partial charge in [-0.2, -0.15) is 5.10 Å². The Morgan fingerprint density at radius 1 is 1.24 bits per heavy atom. The molecular weight excluding hydrogens is 348 g/mol. The van der Waals surface area contributed by atoms with E-state index in [0.717, 1.165) is 28.4 Å². The normalized spacial score (nSPS) is 11.6. The van der Waals surface area contributed by atoms with Gasteiger partial charge in [0, 0.05) is 17.1 Å². The van der Waals surface area contributed by atoms with E-state index in [0.29, 0.717) is 14.7 Å². The molecule has 0 fully saturated rings. The summed E-state index contributed by atoms with van der Waals surface area (Å²) in [5, 5.41) is 10.8. The highest BCUT2D eigenvalue weighted by molar-refractivity contribution is 7.92. The van der Waals surface area contributed by atoms with Gasteiger partial charge in [-0.25, -0.2) is 8.42 Å². The molecule has 0 saturated carbocycles. The van der Waals surface area contributed by atoms with Gasteiger partial charge in [-0.05, 0) is 12.2 Å². The number of nitrogens with zero attached hydrogens (tertiary/aromatic N) is 3. The van der Waals surface area contributed by atoms with Gasteiger partial charge in [-0.15, -0.1) is 5.10 Å². The van der Waals surface area contributed by atoms with Crippen molar-refractivity contribution in [3.05, 3.63) is 39.3 Å². The minimum atomic E-state index is -3.56. The minimum absolute atomic E-state index is 0.148. The average molecular weight is 356 g/mol. The average Bonchev–Trinajstić information content (AvgIpc) is 3.09. The van der Waals surface area contributed by atoms with Crippen molar-refractivity contribution in [3.8, 4) is 11.3 Å². The van der Waals surface area contributed by atoms with Crippen LogP contribution < -0.4 is 0 Å². The predicted octanol–water partition coefficient (Wildman–Crippen LogP) is 2.69. The van der Waals surface area contributed by atoms with E-state index in [1.165, 1.54) is 0 Å². The summed E-state index contributed by atoms with van der Waals surface area (Å²) in [6.07, 6.45) is 0. The molecule has 0 atom stereocenters. The highest BCUT2D eigenvalue weighted by Gasteiger charge is 2.25. The van der Waals surface area contributed by atoms with Crippen LogP contribution in [-0.4, -0.2) is 28.2 Å². The van der Waals surface area contributed by atoms with Gasteiger partial charge in [0.25, 0.3) is 0 Å². The number of sulfone groups is 1. The molecule has 1 aromatic carbocycles. The summed E-state index contributed by atoms with van der Waals surface area (Å²) in [5.74, 6) is -0.214. The van der Waals surface area contributed by atoms with E-state index < -0.39 is 9.84 Å². The Bertz CT molecular complexity index is 911. The van der Waals surface area contributed by atoms with Crippen LogP contribution in [0.3, 0.4) is 0 Å². The molecule has 0 aliphatic carbocycles. The Morgan fingerprint density at radius 3 is 2.67 bits per heavy atom. The first-order valence-electron chi connectivity index (χ1n) is 5.71. The van der Waals surface area contributed by atoms with Crippen molar-refractivity contribution in [1.29, 1.82) is 0 Å². The van der Waals surface area contributed by atoms with Crippen molar-refractivity contribution < 1.29 is 8.42 Å². The van der Waals surface area contributed by atoms with Crippen molar-refractivity contribution >= 4 is 44.9 Å². The van der Waals surface area contributed by atoms with Crippen molar-refractivity contribution in [3.63, 3.8) is 0 Å². The molecule has 2 aromatic heterocycles. The lowest BCUT2D eigenvalue weighted by molar-refractivity contribution is 0.597. The molecule has 3 aromatic rings. The number of hydrogen-bond donors (Lipinski definition) is 1. The van der Waals surface area contributed by atoms with Crippen LogP contribution in [0.1, 0.15) is 5.01 Å². The summed E-state index contributed by atoms with van der Waals surface area (Å²) in [5.41, 5.74) is 1.10. The fraction of sp³-hybridized carbons (Fsp3) is 0.0909. The molecule has 0 unspecified atom stereocenters. The van der Waals surface area contributed by atoms with E-state index in [9.17, 15) is 8.42 Å². The second-order valence-corrected chi connectivity index (χ2v) is 8.73. The number of benzene rings is 1. The summed E-state index contributed by atoms with van der Waals surface area (Å²) in [7, 11) is -3.56. The molecule has 0 amide bonds. The first-order chi connectivity index (χ1) is 10.1. The summed E-state index contributed by atoms with van der Waals surface area (Å²) >= 11 is 6.92. The molecule has 0 saturated heterocycles. The van der Waals surface area contributed by atoms with E-state index in [1.807, 2.05) is 18.2 Å². The molecular formula is C11H8N4O2S4. The lowest BCUT2D eigenvalue weighted by Crippen LogP contribution is -2.04.